The first-order valence-corrected chi connectivity index (χ1v) is 5.60. The van der Waals surface area contributed by atoms with E-state index in [1.165, 1.54) is 11.3 Å². The molecule has 0 spiro atoms. The predicted octanol–water partition coefficient (Wildman–Crippen LogP) is 1.61. The van der Waals surface area contributed by atoms with Crippen LogP contribution in [0.5, 0.6) is 0 Å². The monoisotopic (exact) mass is 220 g/mol. The molecule has 3 nitrogen and oxygen atoms in total. The normalized spacial score (nSPS) is 12.6. The number of nitrogens with two attached hydrogens (primary N) is 1. The summed E-state index contributed by atoms with van der Waals surface area (Å²) in [7, 11) is 0. The molecule has 0 aliphatic heterocycles. The third-order valence-corrected chi connectivity index (χ3v) is 2.96. The lowest BCUT2D eigenvalue weighted by atomic mass is 10.1. The van der Waals surface area contributed by atoms with E-state index >= 15 is 0 Å². The average molecular weight is 220 g/mol. The maximum atomic E-state index is 11.3. The molecule has 4 heteroatoms. The van der Waals surface area contributed by atoms with Crippen molar-refractivity contribution in [2.45, 2.75) is 12.6 Å². The Kier molecular flexibility index (Phi) is 2.99. The van der Waals surface area contributed by atoms with E-state index in [1.54, 1.807) is 16.1 Å². The predicted molar refractivity (Wildman–Crippen MR) is 61.9 cm³/mol. The fourth-order valence-electron chi connectivity index (χ4n) is 1.44. The largest absolute Gasteiger partial charge is 0.322 e. The molecule has 78 valence electrons. The zero-order valence-electron chi connectivity index (χ0n) is 8.17. The van der Waals surface area contributed by atoms with Gasteiger partial charge in [-0.3, -0.25) is 4.79 Å². The Balaban J connectivity index is 2.14. The Bertz CT molecular complexity index is 475. The van der Waals surface area contributed by atoms with Crippen molar-refractivity contribution in [3.8, 4) is 0 Å². The number of hydrogen-bond donors (Lipinski definition) is 1. The fourth-order valence-corrected chi connectivity index (χ4v) is 2.04. The molecular formula is C11H12N2OS. The van der Waals surface area contributed by atoms with Crippen LogP contribution in [0, 0.1) is 0 Å². The van der Waals surface area contributed by atoms with E-state index in [0.717, 1.165) is 5.56 Å². The molecule has 0 aliphatic carbocycles. The number of rotatable bonds is 3. The van der Waals surface area contributed by atoms with E-state index in [-0.39, 0.29) is 10.9 Å². The molecule has 1 heterocycles. The average Bonchev–Trinajstić information content (AvgIpc) is 2.66. The minimum absolute atomic E-state index is 0.0429. The van der Waals surface area contributed by atoms with Gasteiger partial charge in [-0.05, 0) is 5.56 Å². The highest BCUT2D eigenvalue weighted by Gasteiger charge is 2.07. The van der Waals surface area contributed by atoms with Crippen LogP contribution in [-0.4, -0.2) is 4.57 Å². The zero-order chi connectivity index (χ0) is 10.7. The highest BCUT2D eigenvalue weighted by molar-refractivity contribution is 7.07. The molecular weight excluding hydrogens is 208 g/mol. The van der Waals surface area contributed by atoms with Crippen molar-refractivity contribution in [2.24, 2.45) is 5.73 Å². The van der Waals surface area contributed by atoms with E-state index in [9.17, 15) is 4.79 Å². The Morgan fingerprint density at radius 1 is 1.33 bits per heavy atom. The molecule has 0 saturated heterocycles. The van der Waals surface area contributed by atoms with Gasteiger partial charge in [-0.2, -0.15) is 0 Å². The smallest absolute Gasteiger partial charge is 0.307 e. The molecule has 15 heavy (non-hydrogen) atoms. The molecule has 1 aromatic heterocycles. The maximum absolute atomic E-state index is 11.3. The van der Waals surface area contributed by atoms with Gasteiger partial charge < -0.3 is 10.3 Å². The van der Waals surface area contributed by atoms with Gasteiger partial charge in [-0.25, -0.2) is 0 Å². The highest BCUT2D eigenvalue weighted by atomic mass is 32.1. The molecule has 2 aromatic rings. The number of hydrogen-bond acceptors (Lipinski definition) is 3. The number of thiazole rings is 1. The molecule has 0 radical (unpaired) electrons. The fraction of sp³-hybridized carbons (Fsp3) is 0.182. The van der Waals surface area contributed by atoms with Crippen molar-refractivity contribution in [2.75, 3.05) is 0 Å². The summed E-state index contributed by atoms with van der Waals surface area (Å²) in [4.78, 5) is 11.4. The lowest BCUT2D eigenvalue weighted by Crippen LogP contribution is -2.22. The molecule has 1 aromatic carbocycles. The topological polar surface area (TPSA) is 48.0 Å². The van der Waals surface area contributed by atoms with E-state index in [2.05, 4.69) is 0 Å². The van der Waals surface area contributed by atoms with Gasteiger partial charge in [-0.1, -0.05) is 41.7 Å². The SMILES string of the molecule is NC(Cn1ccsc1=O)c1ccccc1. The van der Waals surface area contributed by atoms with Crippen molar-refractivity contribution in [1.29, 1.82) is 0 Å². The minimum Gasteiger partial charge on any atom is -0.322 e. The first-order chi connectivity index (χ1) is 7.27. The van der Waals surface area contributed by atoms with Gasteiger partial charge in [0.2, 0.25) is 0 Å². The van der Waals surface area contributed by atoms with Crippen LogP contribution in [0.2, 0.25) is 0 Å². The molecule has 2 N–H and O–H groups in total. The lowest BCUT2D eigenvalue weighted by molar-refractivity contribution is 0.570. The van der Waals surface area contributed by atoms with Crippen LogP contribution < -0.4 is 10.6 Å². The second kappa shape index (κ2) is 4.42. The second-order valence-electron chi connectivity index (χ2n) is 3.34. The summed E-state index contributed by atoms with van der Waals surface area (Å²) in [5.41, 5.74) is 7.05. The van der Waals surface area contributed by atoms with Crippen LogP contribution in [0.15, 0.2) is 46.7 Å². The summed E-state index contributed by atoms with van der Waals surface area (Å²) in [6.45, 7) is 0.534. The molecule has 0 fully saturated rings. The van der Waals surface area contributed by atoms with Crippen LogP contribution in [0.4, 0.5) is 0 Å². The summed E-state index contributed by atoms with van der Waals surface area (Å²) in [6, 6.07) is 9.67. The zero-order valence-corrected chi connectivity index (χ0v) is 8.98. The third kappa shape index (κ3) is 2.34. The lowest BCUT2D eigenvalue weighted by Gasteiger charge is -2.11. The van der Waals surface area contributed by atoms with E-state index in [0.29, 0.717) is 6.54 Å². The first kappa shape index (κ1) is 10.1. The summed E-state index contributed by atoms with van der Waals surface area (Å²) in [5, 5.41) is 1.78. The number of benzene rings is 1. The summed E-state index contributed by atoms with van der Waals surface area (Å²) >= 11 is 1.19. The standard InChI is InChI=1S/C11H12N2OS/c12-10(9-4-2-1-3-5-9)8-13-6-7-15-11(13)14/h1-7,10H,8,12H2. The highest BCUT2D eigenvalue weighted by Crippen LogP contribution is 2.11. The molecule has 1 atom stereocenters. The van der Waals surface area contributed by atoms with Crippen molar-refractivity contribution >= 4 is 11.3 Å². The van der Waals surface area contributed by atoms with E-state index < -0.39 is 0 Å². The number of nitrogens with zero attached hydrogens (tertiary/aromatic N) is 1. The third-order valence-electron chi connectivity index (χ3n) is 2.27. The Labute approximate surface area is 91.8 Å². The molecule has 0 amide bonds. The van der Waals surface area contributed by atoms with Crippen molar-refractivity contribution in [3.05, 3.63) is 57.1 Å². The molecule has 1 unspecified atom stereocenters. The molecule has 0 aliphatic rings. The Hall–Kier alpha value is -1.39. The minimum atomic E-state index is -0.126. The van der Waals surface area contributed by atoms with Crippen molar-refractivity contribution in [3.63, 3.8) is 0 Å². The second-order valence-corrected chi connectivity index (χ2v) is 4.20. The molecule has 2 rings (SSSR count). The van der Waals surface area contributed by atoms with Gasteiger partial charge in [-0.15, -0.1) is 0 Å². The van der Waals surface area contributed by atoms with Gasteiger partial charge >= 0.3 is 4.87 Å². The van der Waals surface area contributed by atoms with Crippen LogP contribution >= 0.6 is 11.3 Å². The van der Waals surface area contributed by atoms with E-state index in [4.69, 9.17) is 5.73 Å². The number of aromatic nitrogens is 1. The quantitative estimate of drug-likeness (QED) is 0.854. The molecule has 0 bridgehead atoms. The van der Waals surface area contributed by atoms with Gasteiger partial charge in [0, 0.05) is 24.2 Å². The van der Waals surface area contributed by atoms with Crippen LogP contribution in [-0.2, 0) is 6.54 Å². The first-order valence-electron chi connectivity index (χ1n) is 4.72. The molecule has 0 saturated carbocycles. The maximum Gasteiger partial charge on any atom is 0.307 e. The van der Waals surface area contributed by atoms with E-state index in [1.807, 2.05) is 30.3 Å². The van der Waals surface area contributed by atoms with Crippen molar-refractivity contribution < 1.29 is 0 Å². The van der Waals surface area contributed by atoms with Crippen LogP contribution in [0.3, 0.4) is 0 Å². The van der Waals surface area contributed by atoms with Gasteiger partial charge in [0.15, 0.2) is 0 Å². The Morgan fingerprint density at radius 2 is 2.07 bits per heavy atom. The van der Waals surface area contributed by atoms with Gasteiger partial charge in [0.05, 0.1) is 0 Å². The van der Waals surface area contributed by atoms with Gasteiger partial charge in [0.1, 0.15) is 0 Å². The van der Waals surface area contributed by atoms with Crippen LogP contribution in [0.25, 0.3) is 0 Å². The van der Waals surface area contributed by atoms with Gasteiger partial charge in [0.25, 0.3) is 0 Å². The summed E-state index contributed by atoms with van der Waals surface area (Å²) in [6.07, 6.45) is 1.77. The Morgan fingerprint density at radius 3 is 2.67 bits per heavy atom. The summed E-state index contributed by atoms with van der Waals surface area (Å²) in [5.74, 6) is 0. The summed E-state index contributed by atoms with van der Waals surface area (Å²) < 4.78 is 1.64. The van der Waals surface area contributed by atoms with Crippen LogP contribution in [0.1, 0.15) is 11.6 Å². The van der Waals surface area contributed by atoms with Crippen molar-refractivity contribution in [1.82, 2.24) is 4.57 Å².